The van der Waals surface area contributed by atoms with E-state index in [4.69, 9.17) is 5.11 Å². The number of carbonyl (C=O) groups excluding carboxylic acids is 1. The average Bonchev–Trinajstić information content (AvgIpc) is 2.82. The molecule has 2 N–H and O–H groups in total. The van der Waals surface area contributed by atoms with Crippen LogP contribution in [0.15, 0.2) is 24.3 Å². The molecule has 1 fully saturated rings. The van der Waals surface area contributed by atoms with Crippen LogP contribution >= 0.6 is 0 Å². The Labute approximate surface area is 123 Å². The molecule has 1 heterocycles. The second kappa shape index (κ2) is 6.13. The van der Waals surface area contributed by atoms with Crippen LogP contribution in [0.25, 0.3) is 0 Å². The molecule has 6 nitrogen and oxygen atoms in total. The molecule has 21 heavy (non-hydrogen) atoms. The van der Waals surface area contributed by atoms with Crippen LogP contribution in [0, 0.1) is 6.92 Å². The second-order valence-corrected chi connectivity index (χ2v) is 5.52. The molecule has 0 saturated carbocycles. The predicted octanol–water partition coefficient (Wildman–Crippen LogP) is 1.07. The summed E-state index contributed by atoms with van der Waals surface area (Å²) in [5, 5.41) is 18.7. The van der Waals surface area contributed by atoms with Crippen molar-refractivity contribution >= 4 is 12.0 Å². The molecule has 0 radical (unpaired) electrons. The van der Waals surface area contributed by atoms with E-state index in [9.17, 15) is 14.7 Å². The van der Waals surface area contributed by atoms with Crippen molar-refractivity contribution in [2.24, 2.45) is 0 Å². The number of likely N-dealkylation sites (tertiary alicyclic amines) is 1. The Morgan fingerprint density at radius 1 is 1.33 bits per heavy atom. The maximum absolute atomic E-state index is 12.4. The molecule has 1 aliphatic rings. The fourth-order valence-corrected chi connectivity index (χ4v) is 2.51. The number of aliphatic hydroxyl groups excluding tert-OH is 1. The Kier molecular flexibility index (Phi) is 4.47. The van der Waals surface area contributed by atoms with Crippen molar-refractivity contribution in [1.82, 2.24) is 9.80 Å². The van der Waals surface area contributed by atoms with Crippen LogP contribution in [0.2, 0.25) is 0 Å². The first-order valence-electron chi connectivity index (χ1n) is 6.86. The molecule has 1 aliphatic heterocycles. The van der Waals surface area contributed by atoms with Crippen molar-refractivity contribution in [1.29, 1.82) is 0 Å². The molecule has 6 heteroatoms. The zero-order valence-corrected chi connectivity index (χ0v) is 12.2. The first kappa shape index (κ1) is 15.3. The molecule has 2 atom stereocenters. The van der Waals surface area contributed by atoms with Gasteiger partial charge in [-0.25, -0.2) is 9.59 Å². The number of hydrogen-bond acceptors (Lipinski definition) is 3. The van der Waals surface area contributed by atoms with E-state index in [-0.39, 0.29) is 19.0 Å². The molecular weight excluding hydrogens is 272 g/mol. The number of nitrogens with zero attached hydrogens (tertiary/aromatic N) is 2. The minimum Gasteiger partial charge on any atom is -0.480 e. The van der Waals surface area contributed by atoms with Gasteiger partial charge >= 0.3 is 12.0 Å². The molecule has 114 valence electrons. The van der Waals surface area contributed by atoms with Gasteiger partial charge in [0, 0.05) is 26.6 Å². The quantitative estimate of drug-likeness (QED) is 0.873. The summed E-state index contributed by atoms with van der Waals surface area (Å²) in [7, 11) is 1.63. The Morgan fingerprint density at radius 2 is 1.95 bits per heavy atom. The third kappa shape index (κ3) is 3.52. The van der Waals surface area contributed by atoms with Crippen LogP contribution in [0.3, 0.4) is 0 Å². The van der Waals surface area contributed by atoms with Gasteiger partial charge < -0.3 is 20.0 Å². The lowest BCUT2D eigenvalue weighted by atomic mass is 10.1. The number of aryl methyl sites for hydroxylation is 1. The number of carbonyl (C=O) groups is 2. The number of rotatable bonds is 3. The SMILES string of the molecule is Cc1ccc(CN(C)C(=O)N2C[C@@H](O)C[C@H]2C(=O)O)cc1. The van der Waals surface area contributed by atoms with Crippen LogP contribution in [0.5, 0.6) is 0 Å². The first-order chi connectivity index (χ1) is 9.88. The molecule has 1 aromatic carbocycles. The number of carboxylic acid groups (broad SMARTS) is 1. The minimum absolute atomic E-state index is 0.0635. The van der Waals surface area contributed by atoms with Crippen molar-refractivity contribution in [3.05, 3.63) is 35.4 Å². The summed E-state index contributed by atoms with van der Waals surface area (Å²) in [5.74, 6) is -1.08. The van der Waals surface area contributed by atoms with Gasteiger partial charge in [0.25, 0.3) is 0 Å². The van der Waals surface area contributed by atoms with E-state index in [0.717, 1.165) is 11.1 Å². The molecule has 1 aromatic rings. The van der Waals surface area contributed by atoms with Gasteiger partial charge in [-0.3, -0.25) is 0 Å². The minimum atomic E-state index is -1.08. The number of hydrogen-bond donors (Lipinski definition) is 2. The van der Waals surface area contributed by atoms with E-state index in [1.807, 2.05) is 31.2 Å². The van der Waals surface area contributed by atoms with Gasteiger partial charge in [-0.05, 0) is 12.5 Å². The molecule has 0 spiro atoms. The van der Waals surface area contributed by atoms with Gasteiger partial charge in [-0.1, -0.05) is 29.8 Å². The number of benzene rings is 1. The lowest BCUT2D eigenvalue weighted by molar-refractivity contribution is -0.141. The molecular formula is C15H20N2O4. The lowest BCUT2D eigenvalue weighted by Crippen LogP contribution is -2.46. The van der Waals surface area contributed by atoms with Crippen LogP contribution in [-0.4, -0.2) is 57.8 Å². The number of β-amino-alcohol motifs (C(OH)–C–C–N with tert-alkyl or cyclic N) is 1. The number of aliphatic hydroxyl groups is 1. The Bertz CT molecular complexity index is 529. The molecule has 0 unspecified atom stereocenters. The molecule has 0 aliphatic carbocycles. The second-order valence-electron chi connectivity index (χ2n) is 5.52. The average molecular weight is 292 g/mol. The summed E-state index contributed by atoms with van der Waals surface area (Å²) in [4.78, 5) is 26.2. The van der Waals surface area contributed by atoms with E-state index >= 15 is 0 Å². The number of carboxylic acids is 1. The standard InChI is InChI=1S/C15H20N2O4/c1-10-3-5-11(6-4-10)8-16(2)15(21)17-9-12(18)7-13(17)14(19)20/h3-6,12-13,18H,7-9H2,1-2H3,(H,19,20)/t12-,13-/m0/s1. The van der Waals surface area contributed by atoms with Crippen molar-refractivity contribution in [2.45, 2.75) is 32.0 Å². The van der Waals surface area contributed by atoms with Gasteiger partial charge in [0.2, 0.25) is 0 Å². The molecule has 0 aromatic heterocycles. The molecule has 0 bridgehead atoms. The van der Waals surface area contributed by atoms with E-state index in [2.05, 4.69) is 0 Å². The Morgan fingerprint density at radius 3 is 2.52 bits per heavy atom. The van der Waals surface area contributed by atoms with Gasteiger partial charge in [-0.15, -0.1) is 0 Å². The van der Waals surface area contributed by atoms with Crippen LogP contribution in [0.1, 0.15) is 17.5 Å². The highest BCUT2D eigenvalue weighted by Gasteiger charge is 2.39. The highest BCUT2D eigenvalue weighted by Crippen LogP contribution is 2.20. The highest BCUT2D eigenvalue weighted by molar-refractivity contribution is 5.83. The third-order valence-corrected chi connectivity index (χ3v) is 3.68. The summed E-state index contributed by atoms with van der Waals surface area (Å²) in [5.41, 5.74) is 2.12. The van der Waals surface area contributed by atoms with Crippen LogP contribution < -0.4 is 0 Å². The largest absolute Gasteiger partial charge is 0.480 e. The van der Waals surface area contributed by atoms with Gasteiger partial charge in [0.15, 0.2) is 0 Å². The Balaban J connectivity index is 2.04. The number of amides is 2. The normalized spacial score (nSPS) is 21.4. The summed E-state index contributed by atoms with van der Waals surface area (Å²) in [6.07, 6.45) is -0.692. The zero-order chi connectivity index (χ0) is 15.6. The third-order valence-electron chi connectivity index (χ3n) is 3.68. The predicted molar refractivity (Wildman–Crippen MR) is 76.8 cm³/mol. The number of aliphatic carboxylic acids is 1. The maximum Gasteiger partial charge on any atom is 0.326 e. The zero-order valence-electron chi connectivity index (χ0n) is 12.2. The molecule has 2 amide bonds. The lowest BCUT2D eigenvalue weighted by Gasteiger charge is -2.27. The van der Waals surface area contributed by atoms with Crippen molar-refractivity contribution in [3.63, 3.8) is 0 Å². The fourth-order valence-electron chi connectivity index (χ4n) is 2.51. The van der Waals surface area contributed by atoms with E-state index < -0.39 is 18.1 Å². The van der Waals surface area contributed by atoms with Gasteiger partial charge in [0.05, 0.1) is 6.10 Å². The van der Waals surface area contributed by atoms with Crippen molar-refractivity contribution in [3.8, 4) is 0 Å². The van der Waals surface area contributed by atoms with Crippen LogP contribution in [-0.2, 0) is 11.3 Å². The smallest absolute Gasteiger partial charge is 0.326 e. The summed E-state index contributed by atoms with van der Waals surface area (Å²) in [6, 6.07) is 6.48. The number of urea groups is 1. The monoisotopic (exact) mass is 292 g/mol. The first-order valence-corrected chi connectivity index (χ1v) is 6.86. The van der Waals surface area contributed by atoms with E-state index in [0.29, 0.717) is 6.54 Å². The summed E-state index contributed by atoms with van der Waals surface area (Å²) >= 11 is 0. The van der Waals surface area contributed by atoms with E-state index in [1.54, 1.807) is 7.05 Å². The van der Waals surface area contributed by atoms with Crippen molar-refractivity contribution < 1.29 is 19.8 Å². The molecule has 1 saturated heterocycles. The Hall–Kier alpha value is -2.08. The topological polar surface area (TPSA) is 81.1 Å². The summed E-state index contributed by atoms with van der Waals surface area (Å²) in [6.45, 7) is 2.45. The highest BCUT2D eigenvalue weighted by atomic mass is 16.4. The van der Waals surface area contributed by atoms with Crippen LogP contribution in [0.4, 0.5) is 4.79 Å². The maximum atomic E-state index is 12.4. The van der Waals surface area contributed by atoms with Gasteiger partial charge in [0.1, 0.15) is 6.04 Å². The molecule has 2 rings (SSSR count). The summed E-state index contributed by atoms with van der Waals surface area (Å²) < 4.78 is 0. The van der Waals surface area contributed by atoms with Crippen molar-refractivity contribution in [2.75, 3.05) is 13.6 Å². The van der Waals surface area contributed by atoms with Gasteiger partial charge in [-0.2, -0.15) is 0 Å². The fraction of sp³-hybridized carbons (Fsp3) is 0.467. The van der Waals surface area contributed by atoms with E-state index in [1.165, 1.54) is 9.80 Å².